The van der Waals surface area contributed by atoms with Crippen LogP contribution in [0.2, 0.25) is 5.02 Å². The van der Waals surface area contributed by atoms with Gasteiger partial charge in [0.25, 0.3) is 0 Å². The van der Waals surface area contributed by atoms with Crippen LogP contribution in [0.1, 0.15) is 11.1 Å². The van der Waals surface area contributed by atoms with E-state index in [1.807, 2.05) is 42.5 Å². The van der Waals surface area contributed by atoms with Crippen molar-refractivity contribution in [2.75, 3.05) is 0 Å². The fraction of sp³-hybridized carbons (Fsp3) is 0.0909. The van der Waals surface area contributed by atoms with Gasteiger partial charge in [0.2, 0.25) is 0 Å². The minimum Gasteiger partial charge on any atom is -0.270 e. The number of thioether (sulfide) groups is 1. The molecule has 0 spiro atoms. The minimum atomic E-state index is 0.664. The predicted octanol–water partition coefficient (Wildman–Crippen LogP) is 6.19. The predicted molar refractivity (Wildman–Crippen MR) is 113 cm³/mol. The molecule has 5 heteroatoms. The van der Waals surface area contributed by atoms with Crippen molar-refractivity contribution < 1.29 is 0 Å². The number of halogens is 1. The molecule has 0 saturated carbocycles. The maximum atomic E-state index is 6.43. The zero-order valence-electron chi connectivity index (χ0n) is 14.8. The first kappa shape index (κ1) is 17.8. The van der Waals surface area contributed by atoms with Gasteiger partial charge >= 0.3 is 0 Å². The van der Waals surface area contributed by atoms with E-state index in [0.29, 0.717) is 5.02 Å². The average molecular weight is 392 g/mol. The van der Waals surface area contributed by atoms with E-state index in [0.717, 1.165) is 28.0 Å². The molecule has 3 aromatic carbocycles. The normalized spacial score (nSPS) is 10.9. The Bertz CT molecular complexity index is 1060. The summed E-state index contributed by atoms with van der Waals surface area (Å²) in [6.07, 6.45) is 0. The largest absolute Gasteiger partial charge is 0.270 e. The number of aromatic nitrogens is 3. The van der Waals surface area contributed by atoms with E-state index in [4.69, 9.17) is 11.6 Å². The van der Waals surface area contributed by atoms with Crippen LogP contribution < -0.4 is 0 Å². The first-order valence-corrected chi connectivity index (χ1v) is 10.0. The van der Waals surface area contributed by atoms with Gasteiger partial charge in [0, 0.05) is 17.0 Å². The molecule has 4 aromatic rings. The van der Waals surface area contributed by atoms with E-state index in [9.17, 15) is 0 Å². The highest BCUT2D eigenvalue weighted by atomic mass is 35.5. The second-order valence-electron chi connectivity index (χ2n) is 6.23. The van der Waals surface area contributed by atoms with Crippen molar-refractivity contribution in [1.82, 2.24) is 14.8 Å². The second kappa shape index (κ2) is 7.99. The van der Waals surface area contributed by atoms with Crippen LogP contribution in [0.15, 0.2) is 84.0 Å². The van der Waals surface area contributed by atoms with Crippen LogP contribution in [-0.4, -0.2) is 14.8 Å². The lowest BCUT2D eigenvalue weighted by atomic mass is 10.2. The molecule has 0 bridgehead atoms. The summed E-state index contributed by atoms with van der Waals surface area (Å²) in [5.41, 5.74) is 4.42. The lowest BCUT2D eigenvalue weighted by molar-refractivity contribution is 0.886. The summed E-state index contributed by atoms with van der Waals surface area (Å²) in [7, 11) is 0. The van der Waals surface area contributed by atoms with Crippen LogP contribution in [-0.2, 0) is 5.75 Å². The van der Waals surface area contributed by atoms with Crippen molar-refractivity contribution in [1.29, 1.82) is 0 Å². The summed E-state index contributed by atoms with van der Waals surface area (Å²) < 4.78 is 2.07. The topological polar surface area (TPSA) is 30.7 Å². The third-order valence-electron chi connectivity index (χ3n) is 4.21. The fourth-order valence-corrected chi connectivity index (χ4v) is 4.06. The number of para-hydroxylation sites is 1. The molecule has 134 valence electrons. The van der Waals surface area contributed by atoms with Crippen molar-refractivity contribution >= 4 is 23.4 Å². The molecule has 1 heterocycles. The molecule has 27 heavy (non-hydrogen) atoms. The monoisotopic (exact) mass is 391 g/mol. The van der Waals surface area contributed by atoms with Gasteiger partial charge in [0.05, 0.1) is 5.02 Å². The Morgan fingerprint density at radius 2 is 1.67 bits per heavy atom. The highest BCUT2D eigenvalue weighted by Gasteiger charge is 2.17. The zero-order valence-corrected chi connectivity index (χ0v) is 16.4. The first-order chi connectivity index (χ1) is 13.2. The van der Waals surface area contributed by atoms with E-state index in [2.05, 4.69) is 58.1 Å². The number of benzene rings is 3. The maximum absolute atomic E-state index is 6.43. The summed E-state index contributed by atoms with van der Waals surface area (Å²) in [4.78, 5) is 0. The van der Waals surface area contributed by atoms with Gasteiger partial charge in [-0.2, -0.15) is 0 Å². The molecule has 0 fully saturated rings. The Morgan fingerprint density at radius 3 is 2.44 bits per heavy atom. The summed E-state index contributed by atoms with van der Waals surface area (Å²) in [6, 6.07) is 26.4. The molecular weight excluding hydrogens is 374 g/mol. The molecule has 0 aliphatic heterocycles. The molecule has 4 rings (SSSR count). The Morgan fingerprint density at radius 1 is 0.889 bits per heavy atom. The highest BCUT2D eigenvalue weighted by Crippen LogP contribution is 2.32. The second-order valence-corrected chi connectivity index (χ2v) is 7.58. The van der Waals surface area contributed by atoms with E-state index in [-0.39, 0.29) is 0 Å². The third kappa shape index (κ3) is 3.92. The van der Waals surface area contributed by atoms with Crippen LogP contribution in [0.3, 0.4) is 0 Å². The molecule has 0 atom stereocenters. The summed E-state index contributed by atoms with van der Waals surface area (Å²) in [6.45, 7) is 2.11. The Balaban J connectivity index is 1.75. The van der Waals surface area contributed by atoms with Crippen LogP contribution in [0, 0.1) is 6.92 Å². The van der Waals surface area contributed by atoms with Crippen LogP contribution in [0.25, 0.3) is 17.1 Å². The van der Waals surface area contributed by atoms with Crippen molar-refractivity contribution in [3.63, 3.8) is 0 Å². The van der Waals surface area contributed by atoms with Gasteiger partial charge in [-0.1, -0.05) is 83.5 Å². The van der Waals surface area contributed by atoms with Gasteiger partial charge in [-0.3, -0.25) is 4.57 Å². The van der Waals surface area contributed by atoms with E-state index < -0.39 is 0 Å². The Kier molecular flexibility index (Phi) is 5.28. The number of nitrogens with zero attached hydrogens (tertiary/aromatic N) is 3. The highest BCUT2D eigenvalue weighted by molar-refractivity contribution is 7.98. The fourth-order valence-electron chi connectivity index (χ4n) is 2.94. The van der Waals surface area contributed by atoms with Crippen molar-refractivity contribution in [3.8, 4) is 17.1 Å². The van der Waals surface area contributed by atoms with Crippen molar-refractivity contribution in [3.05, 3.63) is 95.0 Å². The van der Waals surface area contributed by atoms with Gasteiger partial charge in [-0.05, 0) is 36.8 Å². The van der Waals surface area contributed by atoms with Gasteiger partial charge in [0.1, 0.15) is 0 Å². The molecular formula is C22H18ClN3S. The molecule has 0 N–H and O–H groups in total. The average Bonchev–Trinajstić information content (AvgIpc) is 3.11. The molecule has 0 radical (unpaired) electrons. The minimum absolute atomic E-state index is 0.664. The van der Waals surface area contributed by atoms with Crippen LogP contribution >= 0.6 is 23.4 Å². The lowest BCUT2D eigenvalue weighted by Gasteiger charge is -2.11. The third-order valence-corrected chi connectivity index (χ3v) is 5.54. The van der Waals surface area contributed by atoms with Crippen molar-refractivity contribution in [2.45, 2.75) is 17.8 Å². The van der Waals surface area contributed by atoms with Crippen LogP contribution in [0.5, 0.6) is 0 Å². The molecule has 0 unspecified atom stereocenters. The van der Waals surface area contributed by atoms with E-state index >= 15 is 0 Å². The summed E-state index contributed by atoms with van der Waals surface area (Å²) in [5, 5.41) is 10.4. The smallest absolute Gasteiger partial charge is 0.196 e. The number of aryl methyl sites for hydroxylation is 1. The number of hydrogen-bond donors (Lipinski definition) is 0. The molecule has 0 aliphatic rings. The van der Waals surface area contributed by atoms with Crippen LogP contribution in [0.4, 0.5) is 0 Å². The van der Waals surface area contributed by atoms with Gasteiger partial charge in [0.15, 0.2) is 11.0 Å². The standard InChI is InChI=1S/C22H18ClN3S/c1-16-8-7-9-17(14-16)15-27-22-25-24-21(19-12-5-6-13-20(19)23)26(22)18-10-3-2-4-11-18/h2-14H,15H2,1H3. The SMILES string of the molecule is Cc1cccc(CSc2nnc(-c3ccccc3Cl)n2-c2ccccc2)c1. The lowest BCUT2D eigenvalue weighted by Crippen LogP contribution is -2.00. The molecule has 1 aromatic heterocycles. The molecule has 0 saturated heterocycles. The van der Waals surface area contributed by atoms with Gasteiger partial charge < -0.3 is 0 Å². The van der Waals surface area contributed by atoms with E-state index in [1.54, 1.807) is 11.8 Å². The summed E-state index contributed by atoms with van der Waals surface area (Å²) in [5.74, 6) is 1.58. The number of rotatable bonds is 5. The molecule has 0 aliphatic carbocycles. The quantitative estimate of drug-likeness (QED) is 0.380. The zero-order chi connectivity index (χ0) is 18.6. The van der Waals surface area contributed by atoms with Gasteiger partial charge in [-0.15, -0.1) is 10.2 Å². The Hall–Kier alpha value is -2.56. The van der Waals surface area contributed by atoms with Gasteiger partial charge in [-0.25, -0.2) is 0 Å². The van der Waals surface area contributed by atoms with Crippen molar-refractivity contribution in [2.24, 2.45) is 0 Å². The maximum Gasteiger partial charge on any atom is 0.196 e. The summed E-state index contributed by atoms with van der Waals surface area (Å²) >= 11 is 8.10. The Labute approximate surface area is 168 Å². The number of hydrogen-bond acceptors (Lipinski definition) is 3. The molecule has 3 nitrogen and oxygen atoms in total. The molecule has 0 amide bonds. The first-order valence-electron chi connectivity index (χ1n) is 8.66. The van der Waals surface area contributed by atoms with E-state index in [1.165, 1.54) is 11.1 Å².